The number of hydrogen-bond acceptors (Lipinski definition) is 2. The van der Waals surface area contributed by atoms with Crippen LogP contribution >= 0.6 is 0 Å². The Labute approximate surface area is 130 Å². The summed E-state index contributed by atoms with van der Waals surface area (Å²) in [6.45, 7) is 9.90. The van der Waals surface area contributed by atoms with Gasteiger partial charge in [0.15, 0.2) is 0 Å². The molecule has 0 saturated heterocycles. The van der Waals surface area contributed by atoms with Crippen molar-refractivity contribution in [2.45, 2.75) is 72.0 Å². The van der Waals surface area contributed by atoms with E-state index in [0.29, 0.717) is 6.42 Å². The predicted octanol–water partition coefficient (Wildman–Crippen LogP) is 5.07. The van der Waals surface area contributed by atoms with Crippen LogP contribution in [0, 0.1) is 0 Å². The Hall–Kier alpha value is -0.870. The minimum atomic E-state index is -3.91. The van der Waals surface area contributed by atoms with Gasteiger partial charge in [0, 0.05) is 0 Å². The van der Waals surface area contributed by atoms with Gasteiger partial charge in [-0.2, -0.15) is 8.42 Å². The van der Waals surface area contributed by atoms with Crippen LogP contribution in [0.4, 0.5) is 0 Å². The highest BCUT2D eigenvalue weighted by atomic mass is 32.2. The van der Waals surface area contributed by atoms with Crippen LogP contribution in [0.1, 0.15) is 66.7 Å². The summed E-state index contributed by atoms with van der Waals surface area (Å²) in [6, 6.07) is 0. The maximum Gasteiger partial charge on any atom is 0.267 e. The summed E-state index contributed by atoms with van der Waals surface area (Å²) < 4.78 is 30.7. The average molecular weight is 314 g/mol. The van der Waals surface area contributed by atoms with Crippen molar-refractivity contribution in [2.24, 2.45) is 0 Å². The molecule has 1 unspecified atom stereocenters. The molecule has 0 heterocycles. The summed E-state index contributed by atoms with van der Waals surface area (Å²) in [6.07, 6.45) is 10.9. The van der Waals surface area contributed by atoms with Crippen LogP contribution in [0.15, 0.2) is 34.9 Å². The minimum absolute atomic E-state index is 0.369. The van der Waals surface area contributed by atoms with Crippen LogP contribution in [0.3, 0.4) is 0 Å². The molecular formula is C17H30O3S. The van der Waals surface area contributed by atoms with Crippen LogP contribution in [0.5, 0.6) is 0 Å². The Morgan fingerprint density at radius 3 is 1.90 bits per heavy atom. The summed E-state index contributed by atoms with van der Waals surface area (Å²) >= 11 is 0. The number of hydrogen-bond donors (Lipinski definition) is 1. The van der Waals surface area contributed by atoms with E-state index >= 15 is 0 Å². The van der Waals surface area contributed by atoms with E-state index < -0.39 is 15.4 Å². The van der Waals surface area contributed by atoms with E-state index in [2.05, 4.69) is 32.9 Å². The molecule has 0 spiro atoms. The smallest absolute Gasteiger partial charge is 0.267 e. The van der Waals surface area contributed by atoms with Gasteiger partial charge in [0.05, 0.1) is 5.25 Å². The lowest BCUT2D eigenvalue weighted by Crippen LogP contribution is -2.15. The lowest BCUT2D eigenvalue weighted by molar-refractivity contribution is 0.470. The molecule has 3 nitrogen and oxygen atoms in total. The third-order valence-corrected chi connectivity index (χ3v) is 4.64. The van der Waals surface area contributed by atoms with Crippen LogP contribution < -0.4 is 0 Å². The SMILES string of the molecule is CC(C)=CCCC(C)=CCCC(C)=CCC(C)S(=O)(=O)O. The Kier molecular flexibility index (Phi) is 9.54. The van der Waals surface area contributed by atoms with E-state index in [4.69, 9.17) is 4.55 Å². The van der Waals surface area contributed by atoms with E-state index in [1.54, 1.807) is 0 Å². The summed E-state index contributed by atoms with van der Waals surface area (Å²) in [5.74, 6) is 0. The van der Waals surface area contributed by atoms with E-state index in [0.717, 1.165) is 25.7 Å². The van der Waals surface area contributed by atoms with Crippen LogP contribution in [-0.4, -0.2) is 18.2 Å². The zero-order valence-electron chi connectivity index (χ0n) is 14.0. The first kappa shape index (κ1) is 20.1. The predicted molar refractivity (Wildman–Crippen MR) is 91.0 cm³/mol. The first-order valence-corrected chi connectivity index (χ1v) is 9.04. The van der Waals surface area contributed by atoms with E-state index in [1.165, 1.54) is 23.6 Å². The van der Waals surface area contributed by atoms with Gasteiger partial charge in [0.25, 0.3) is 10.1 Å². The van der Waals surface area contributed by atoms with Crippen molar-refractivity contribution in [3.63, 3.8) is 0 Å². The molecule has 0 aliphatic heterocycles. The molecule has 0 bridgehead atoms. The zero-order chi connectivity index (χ0) is 16.5. The highest BCUT2D eigenvalue weighted by Gasteiger charge is 2.15. The molecule has 4 heteroatoms. The number of rotatable bonds is 9. The molecule has 0 amide bonds. The summed E-state index contributed by atoms with van der Waals surface area (Å²) in [4.78, 5) is 0. The third kappa shape index (κ3) is 11.5. The molecule has 0 saturated carbocycles. The third-order valence-electron chi connectivity index (χ3n) is 3.43. The van der Waals surface area contributed by atoms with Crippen LogP contribution in [-0.2, 0) is 10.1 Å². The highest BCUT2D eigenvalue weighted by Crippen LogP contribution is 2.13. The van der Waals surface area contributed by atoms with Gasteiger partial charge in [-0.3, -0.25) is 4.55 Å². The first-order valence-electron chi connectivity index (χ1n) is 7.54. The van der Waals surface area contributed by atoms with Gasteiger partial charge in [-0.05, 0) is 66.7 Å². The van der Waals surface area contributed by atoms with Gasteiger partial charge >= 0.3 is 0 Å². The Morgan fingerprint density at radius 2 is 1.43 bits per heavy atom. The zero-order valence-corrected chi connectivity index (χ0v) is 14.8. The van der Waals surface area contributed by atoms with Crippen molar-refractivity contribution in [1.29, 1.82) is 0 Å². The van der Waals surface area contributed by atoms with Crippen molar-refractivity contribution in [1.82, 2.24) is 0 Å². The molecule has 0 aliphatic carbocycles. The fourth-order valence-corrected chi connectivity index (χ4v) is 2.17. The standard InChI is InChI=1S/C17H30O3S/c1-14(2)8-6-9-15(3)10-7-11-16(4)12-13-17(5)21(18,19)20/h8,10,12,17H,6-7,9,11,13H2,1-5H3,(H,18,19,20). The van der Waals surface area contributed by atoms with E-state index in [1.807, 2.05) is 13.0 Å². The minimum Gasteiger partial charge on any atom is -0.285 e. The van der Waals surface area contributed by atoms with Crippen molar-refractivity contribution in [3.05, 3.63) is 34.9 Å². The van der Waals surface area contributed by atoms with Gasteiger partial charge in [-0.15, -0.1) is 0 Å². The quantitative estimate of drug-likeness (QED) is 0.477. The lowest BCUT2D eigenvalue weighted by atomic mass is 10.1. The van der Waals surface area contributed by atoms with Gasteiger partial charge in [0.1, 0.15) is 0 Å². The van der Waals surface area contributed by atoms with Gasteiger partial charge in [0.2, 0.25) is 0 Å². The second kappa shape index (κ2) is 9.96. The van der Waals surface area contributed by atoms with Crippen LogP contribution in [0.25, 0.3) is 0 Å². The fourth-order valence-electron chi connectivity index (χ4n) is 1.83. The average Bonchev–Trinajstić information content (AvgIpc) is 2.34. The second-order valence-corrected chi connectivity index (χ2v) is 7.86. The Bertz CT molecular complexity index is 492. The summed E-state index contributed by atoms with van der Waals surface area (Å²) in [7, 11) is -3.91. The molecule has 0 radical (unpaired) electrons. The molecule has 122 valence electrons. The molecule has 1 atom stereocenters. The van der Waals surface area contributed by atoms with Crippen molar-refractivity contribution < 1.29 is 13.0 Å². The van der Waals surface area contributed by atoms with E-state index in [9.17, 15) is 8.42 Å². The fraction of sp³-hybridized carbons (Fsp3) is 0.647. The maximum atomic E-state index is 10.9. The van der Waals surface area contributed by atoms with Gasteiger partial charge in [-0.1, -0.05) is 34.9 Å². The molecule has 0 aromatic carbocycles. The van der Waals surface area contributed by atoms with Crippen molar-refractivity contribution >= 4 is 10.1 Å². The largest absolute Gasteiger partial charge is 0.285 e. The normalized spacial score (nSPS) is 15.0. The van der Waals surface area contributed by atoms with E-state index in [-0.39, 0.29) is 0 Å². The molecule has 0 aliphatic rings. The molecule has 0 aromatic heterocycles. The second-order valence-electron chi connectivity index (χ2n) is 6.02. The molecule has 0 rings (SSSR count). The Balaban J connectivity index is 4.13. The van der Waals surface area contributed by atoms with Crippen LogP contribution in [0.2, 0.25) is 0 Å². The van der Waals surface area contributed by atoms with Gasteiger partial charge in [-0.25, -0.2) is 0 Å². The molecule has 21 heavy (non-hydrogen) atoms. The molecule has 1 N–H and O–H groups in total. The lowest BCUT2D eigenvalue weighted by Gasteiger charge is -2.05. The van der Waals surface area contributed by atoms with Crippen molar-refractivity contribution in [3.8, 4) is 0 Å². The van der Waals surface area contributed by atoms with Crippen molar-refractivity contribution in [2.75, 3.05) is 0 Å². The highest BCUT2D eigenvalue weighted by molar-refractivity contribution is 7.86. The Morgan fingerprint density at radius 1 is 0.952 bits per heavy atom. The summed E-state index contributed by atoms with van der Waals surface area (Å²) in [5.41, 5.74) is 3.92. The monoisotopic (exact) mass is 314 g/mol. The van der Waals surface area contributed by atoms with Gasteiger partial charge < -0.3 is 0 Å². The molecular weight excluding hydrogens is 284 g/mol. The molecule has 0 fully saturated rings. The topological polar surface area (TPSA) is 54.4 Å². The number of allylic oxidation sites excluding steroid dienone is 6. The summed E-state index contributed by atoms with van der Waals surface area (Å²) in [5, 5.41) is -0.728. The maximum absolute atomic E-state index is 10.9. The molecule has 0 aromatic rings. The first-order chi connectivity index (χ1) is 9.62.